The maximum absolute atomic E-state index is 12.0. The van der Waals surface area contributed by atoms with Crippen molar-refractivity contribution < 1.29 is 4.79 Å². The Labute approximate surface area is 103 Å². The number of hydrogen-bond donors (Lipinski definition) is 1. The average molecular weight is 235 g/mol. The lowest BCUT2D eigenvalue weighted by molar-refractivity contribution is 0.0787. The SMILES string of the molecule is CCCCN(C)C(=O)c1cc(NCC)ccn1. The Bertz CT molecular complexity index is 365. The summed E-state index contributed by atoms with van der Waals surface area (Å²) in [5, 5.41) is 3.17. The van der Waals surface area contributed by atoms with E-state index in [-0.39, 0.29) is 5.91 Å². The Hall–Kier alpha value is -1.58. The molecule has 1 amide bonds. The monoisotopic (exact) mass is 235 g/mol. The molecule has 0 radical (unpaired) electrons. The summed E-state index contributed by atoms with van der Waals surface area (Å²) in [6, 6.07) is 3.67. The molecule has 0 atom stereocenters. The molecule has 4 nitrogen and oxygen atoms in total. The van der Waals surface area contributed by atoms with Crippen LogP contribution in [0.15, 0.2) is 18.3 Å². The molecule has 0 saturated heterocycles. The average Bonchev–Trinajstić information content (AvgIpc) is 2.35. The summed E-state index contributed by atoms with van der Waals surface area (Å²) >= 11 is 0. The molecule has 1 aromatic rings. The predicted molar refractivity (Wildman–Crippen MR) is 70.3 cm³/mol. The molecule has 0 spiro atoms. The standard InChI is InChI=1S/C13H21N3O/c1-4-6-9-16(3)13(17)12-10-11(14-5-2)7-8-15-12/h7-8,10H,4-6,9H2,1-3H3,(H,14,15). The number of carbonyl (C=O) groups excluding carboxylic acids is 1. The molecule has 0 aromatic carbocycles. The number of unbranched alkanes of at least 4 members (excludes halogenated alkanes) is 1. The molecule has 0 bridgehead atoms. The summed E-state index contributed by atoms with van der Waals surface area (Å²) < 4.78 is 0. The van der Waals surface area contributed by atoms with Crippen LogP contribution in [0.2, 0.25) is 0 Å². The first-order valence-electron chi connectivity index (χ1n) is 6.14. The highest BCUT2D eigenvalue weighted by atomic mass is 16.2. The molecule has 17 heavy (non-hydrogen) atoms. The highest BCUT2D eigenvalue weighted by molar-refractivity contribution is 5.92. The summed E-state index contributed by atoms with van der Waals surface area (Å²) in [5.74, 6) is -0.0156. The van der Waals surface area contributed by atoms with Gasteiger partial charge in [0, 0.05) is 32.0 Å². The number of aromatic nitrogens is 1. The predicted octanol–water partition coefficient (Wildman–Crippen LogP) is 2.39. The van der Waals surface area contributed by atoms with E-state index in [4.69, 9.17) is 0 Å². The van der Waals surface area contributed by atoms with E-state index in [1.54, 1.807) is 17.2 Å². The van der Waals surface area contributed by atoms with Gasteiger partial charge in [-0.2, -0.15) is 0 Å². The van der Waals surface area contributed by atoms with Crippen LogP contribution >= 0.6 is 0 Å². The summed E-state index contributed by atoms with van der Waals surface area (Å²) in [4.78, 5) is 17.9. The van der Waals surface area contributed by atoms with E-state index < -0.39 is 0 Å². The molecule has 0 fully saturated rings. The Kier molecular flexibility index (Phi) is 5.46. The minimum absolute atomic E-state index is 0.0156. The highest BCUT2D eigenvalue weighted by Gasteiger charge is 2.12. The van der Waals surface area contributed by atoms with Gasteiger partial charge in [0.1, 0.15) is 5.69 Å². The van der Waals surface area contributed by atoms with Crippen LogP contribution in [0.1, 0.15) is 37.2 Å². The Morgan fingerprint density at radius 3 is 2.88 bits per heavy atom. The molecule has 4 heteroatoms. The van der Waals surface area contributed by atoms with Gasteiger partial charge in [-0.05, 0) is 25.5 Å². The van der Waals surface area contributed by atoms with Crippen LogP contribution in [0.3, 0.4) is 0 Å². The van der Waals surface area contributed by atoms with Crippen molar-refractivity contribution in [1.29, 1.82) is 0 Å². The van der Waals surface area contributed by atoms with Gasteiger partial charge in [-0.25, -0.2) is 0 Å². The molecule has 0 aliphatic heterocycles. The fourth-order valence-electron chi connectivity index (χ4n) is 1.55. The fraction of sp³-hybridized carbons (Fsp3) is 0.538. The number of rotatable bonds is 6. The summed E-state index contributed by atoms with van der Waals surface area (Å²) in [6.45, 7) is 5.75. The normalized spacial score (nSPS) is 10.1. The minimum Gasteiger partial charge on any atom is -0.385 e. The first-order chi connectivity index (χ1) is 8.19. The zero-order chi connectivity index (χ0) is 12.7. The topological polar surface area (TPSA) is 45.2 Å². The van der Waals surface area contributed by atoms with Gasteiger partial charge in [0.15, 0.2) is 0 Å². The van der Waals surface area contributed by atoms with Gasteiger partial charge in [-0.15, -0.1) is 0 Å². The van der Waals surface area contributed by atoms with Crippen molar-refractivity contribution in [3.8, 4) is 0 Å². The van der Waals surface area contributed by atoms with Crippen molar-refractivity contribution in [2.24, 2.45) is 0 Å². The largest absolute Gasteiger partial charge is 0.385 e. The molecular formula is C13H21N3O. The number of pyridine rings is 1. The van der Waals surface area contributed by atoms with Crippen molar-refractivity contribution in [3.05, 3.63) is 24.0 Å². The maximum Gasteiger partial charge on any atom is 0.272 e. The second-order valence-corrected chi connectivity index (χ2v) is 4.04. The van der Waals surface area contributed by atoms with E-state index in [9.17, 15) is 4.79 Å². The summed E-state index contributed by atoms with van der Waals surface area (Å²) in [6.07, 6.45) is 3.77. The summed E-state index contributed by atoms with van der Waals surface area (Å²) in [7, 11) is 1.82. The van der Waals surface area contributed by atoms with Crippen LogP contribution in [0.25, 0.3) is 0 Å². The van der Waals surface area contributed by atoms with E-state index in [2.05, 4.69) is 17.2 Å². The van der Waals surface area contributed by atoms with Gasteiger partial charge in [0.2, 0.25) is 0 Å². The lowest BCUT2D eigenvalue weighted by Crippen LogP contribution is -2.28. The number of hydrogen-bond acceptors (Lipinski definition) is 3. The number of nitrogens with zero attached hydrogens (tertiary/aromatic N) is 2. The van der Waals surface area contributed by atoms with Gasteiger partial charge in [0.25, 0.3) is 5.91 Å². The molecular weight excluding hydrogens is 214 g/mol. The van der Waals surface area contributed by atoms with E-state index >= 15 is 0 Å². The third kappa shape index (κ3) is 4.06. The summed E-state index contributed by atoms with van der Waals surface area (Å²) in [5.41, 5.74) is 1.44. The maximum atomic E-state index is 12.0. The number of carbonyl (C=O) groups is 1. The molecule has 0 aliphatic rings. The molecule has 0 saturated carbocycles. The van der Waals surface area contributed by atoms with Crippen LogP contribution in [0.4, 0.5) is 5.69 Å². The van der Waals surface area contributed by atoms with E-state index in [0.717, 1.165) is 31.6 Å². The Balaban J connectivity index is 2.70. The third-order valence-corrected chi connectivity index (χ3v) is 2.55. The van der Waals surface area contributed by atoms with Gasteiger partial charge in [0.05, 0.1) is 0 Å². The van der Waals surface area contributed by atoms with Crippen LogP contribution in [-0.2, 0) is 0 Å². The van der Waals surface area contributed by atoms with E-state index in [1.165, 1.54) is 0 Å². The Morgan fingerprint density at radius 2 is 2.24 bits per heavy atom. The molecule has 94 valence electrons. The van der Waals surface area contributed by atoms with Gasteiger partial charge >= 0.3 is 0 Å². The highest BCUT2D eigenvalue weighted by Crippen LogP contribution is 2.09. The van der Waals surface area contributed by atoms with Crippen LogP contribution in [0.5, 0.6) is 0 Å². The Morgan fingerprint density at radius 1 is 1.47 bits per heavy atom. The fourth-order valence-corrected chi connectivity index (χ4v) is 1.55. The van der Waals surface area contributed by atoms with Crippen LogP contribution < -0.4 is 5.32 Å². The van der Waals surface area contributed by atoms with Gasteiger partial charge in [-0.1, -0.05) is 13.3 Å². The van der Waals surface area contributed by atoms with Crippen molar-refractivity contribution in [2.75, 3.05) is 25.5 Å². The molecule has 1 heterocycles. The first-order valence-corrected chi connectivity index (χ1v) is 6.14. The molecule has 1 rings (SSSR count). The second-order valence-electron chi connectivity index (χ2n) is 4.04. The van der Waals surface area contributed by atoms with Gasteiger partial charge < -0.3 is 10.2 Å². The lowest BCUT2D eigenvalue weighted by Gasteiger charge is -2.16. The molecule has 0 aliphatic carbocycles. The van der Waals surface area contributed by atoms with Crippen molar-refractivity contribution in [2.45, 2.75) is 26.7 Å². The van der Waals surface area contributed by atoms with Crippen LogP contribution in [-0.4, -0.2) is 35.9 Å². The third-order valence-electron chi connectivity index (χ3n) is 2.55. The van der Waals surface area contributed by atoms with Crippen molar-refractivity contribution >= 4 is 11.6 Å². The number of nitrogens with one attached hydrogen (secondary N) is 1. The molecule has 0 unspecified atom stereocenters. The van der Waals surface area contributed by atoms with Gasteiger partial charge in [-0.3, -0.25) is 9.78 Å². The van der Waals surface area contributed by atoms with E-state index in [0.29, 0.717) is 5.69 Å². The van der Waals surface area contributed by atoms with Crippen molar-refractivity contribution in [1.82, 2.24) is 9.88 Å². The van der Waals surface area contributed by atoms with E-state index in [1.807, 2.05) is 20.0 Å². The van der Waals surface area contributed by atoms with Crippen molar-refractivity contribution in [3.63, 3.8) is 0 Å². The minimum atomic E-state index is -0.0156. The first kappa shape index (κ1) is 13.5. The zero-order valence-electron chi connectivity index (χ0n) is 10.9. The van der Waals surface area contributed by atoms with Crippen LogP contribution in [0, 0.1) is 0 Å². The lowest BCUT2D eigenvalue weighted by atomic mass is 10.2. The number of amides is 1. The molecule has 1 aromatic heterocycles. The second kappa shape index (κ2) is 6.89. The zero-order valence-corrected chi connectivity index (χ0v) is 10.9. The smallest absolute Gasteiger partial charge is 0.272 e. The quantitative estimate of drug-likeness (QED) is 0.823. The number of anilines is 1. The molecule has 1 N–H and O–H groups in total.